The third-order valence-electron chi connectivity index (χ3n) is 6.81. The minimum Gasteiger partial charge on any atom is -0.344 e. The van der Waals surface area contributed by atoms with Crippen LogP contribution in [0.25, 0.3) is 0 Å². The molecule has 0 saturated carbocycles. The van der Waals surface area contributed by atoms with Crippen molar-refractivity contribution in [2.24, 2.45) is 0 Å². The molecule has 2 aromatic carbocycles. The topological polar surface area (TPSA) is 13.0 Å². The van der Waals surface area contributed by atoms with Crippen molar-refractivity contribution in [3.8, 4) is 0 Å². The molecular weight excluding hydrogens is 497 g/mol. The van der Waals surface area contributed by atoms with Crippen molar-refractivity contribution in [2.75, 3.05) is 28.2 Å². The zero-order valence-corrected chi connectivity index (χ0v) is 27.8. The number of nitrogens with zero attached hydrogens (tertiary/aromatic N) is 4. The molecule has 1 saturated heterocycles. The molecule has 0 amide bonds. The number of hydrogen-bond acceptors (Lipinski definition) is 4. The summed E-state index contributed by atoms with van der Waals surface area (Å²) in [5.74, 6) is 0. The van der Waals surface area contributed by atoms with Crippen molar-refractivity contribution < 1.29 is 0 Å². The van der Waals surface area contributed by atoms with Crippen molar-refractivity contribution in [3.05, 3.63) is 97.5 Å². The standard InChI is InChI=1S/C16H23NSi2.C9H21N3Si3/c1-17(19(2,3)4)18(15-11-7-5-8-12-15)16-13-9-6-10-14-16;1-7-13-10(4)14(8-2)12(6)15(9-3)11(13)5/h5-14,18H,1-4H3;7-9,13-15H,1-3H2,4-6H3. The molecule has 1 aliphatic rings. The van der Waals surface area contributed by atoms with E-state index >= 15 is 0 Å². The van der Waals surface area contributed by atoms with E-state index in [0.29, 0.717) is 0 Å². The smallest absolute Gasteiger partial charge is 0.203 e. The van der Waals surface area contributed by atoms with E-state index in [4.69, 9.17) is 0 Å². The first-order valence-electron chi connectivity index (χ1n) is 11.9. The quantitative estimate of drug-likeness (QED) is 0.498. The lowest BCUT2D eigenvalue weighted by Crippen LogP contribution is -2.73. The molecule has 0 unspecified atom stereocenters. The molecule has 0 atom stereocenters. The minimum atomic E-state index is -1.29. The van der Waals surface area contributed by atoms with Crippen LogP contribution in [0.2, 0.25) is 19.6 Å². The van der Waals surface area contributed by atoms with Crippen LogP contribution in [0.4, 0.5) is 0 Å². The molecule has 0 bridgehead atoms. The normalized spacial score (nSPS) is 22.2. The predicted octanol–water partition coefficient (Wildman–Crippen LogP) is 1.92. The summed E-state index contributed by atoms with van der Waals surface area (Å²) in [6.45, 7) is 19.2. The number of rotatable bonds is 7. The molecule has 9 heteroatoms. The van der Waals surface area contributed by atoms with Crippen molar-refractivity contribution in [3.63, 3.8) is 0 Å². The highest BCUT2D eigenvalue weighted by Gasteiger charge is 2.40. The van der Waals surface area contributed by atoms with E-state index in [0.717, 1.165) is 0 Å². The molecule has 1 fully saturated rings. The van der Waals surface area contributed by atoms with E-state index in [1.54, 1.807) is 0 Å². The van der Waals surface area contributed by atoms with Crippen molar-refractivity contribution in [1.29, 1.82) is 0 Å². The Morgan fingerprint density at radius 3 is 1.21 bits per heavy atom. The second-order valence-electron chi connectivity index (χ2n) is 9.95. The maximum atomic E-state index is 3.98. The second-order valence-corrected chi connectivity index (χ2v) is 29.0. The summed E-state index contributed by atoms with van der Waals surface area (Å²) in [6, 6.07) is 22.0. The SMILES string of the molecule is C=C[SiH]1N(C)[SiH](C=C)N(C)[SiH](C=C)N1C.CN([SiH](c1ccccc1)c1ccccc1)[Si](C)(C)C. The highest BCUT2D eigenvalue weighted by atomic mass is 28.4. The summed E-state index contributed by atoms with van der Waals surface area (Å²) >= 11 is 0. The van der Waals surface area contributed by atoms with Gasteiger partial charge in [0.1, 0.15) is 8.24 Å². The zero-order valence-electron chi connectivity index (χ0n) is 22.2. The van der Waals surface area contributed by atoms with Gasteiger partial charge in [0.15, 0.2) is 8.96 Å². The van der Waals surface area contributed by atoms with Gasteiger partial charge in [0, 0.05) is 0 Å². The van der Waals surface area contributed by atoms with Crippen LogP contribution in [-0.4, -0.2) is 89.7 Å². The lowest BCUT2D eigenvalue weighted by Gasteiger charge is -2.50. The first kappa shape index (κ1) is 28.8. The summed E-state index contributed by atoms with van der Waals surface area (Å²) in [7, 11) is 3.07. The van der Waals surface area contributed by atoms with Gasteiger partial charge < -0.3 is 16.9 Å². The van der Waals surface area contributed by atoms with Crippen molar-refractivity contribution >= 4 is 54.9 Å². The first-order valence-corrected chi connectivity index (χ1v) is 22.2. The number of hydrogen-bond donors (Lipinski definition) is 0. The molecule has 0 N–H and O–H groups in total. The monoisotopic (exact) mass is 540 g/mol. The maximum absolute atomic E-state index is 3.98. The molecule has 0 radical (unpaired) electrons. The molecule has 0 aliphatic carbocycles. The van der Waals surface area contributed by atoms with Gasteiger partial charge in [-0.3, -0.25) is 0 Å². The summed E-state index contributed by atoms with van der Waals surface area (Å²) in [6.07, 6.45) is 0. The lowest BCUT2D eigenvalue weighted by atomic mass is 10.4. The van der Waals surface area contributed by atoms with Crippen LogP contribution in [0.15, 0.2) is 97.5 Å². The molecule has 2 aromatic rings. The summed E-state index contributed by atoms with van der Waals surface area (Å²) in [4.78, 5) is 0. The van der Waals surface area contributed by atoms with Gasteiger partial charge in [-0.1, -0.05) is 97.4 Å². The maximum Gasteiger partial charge on any atom is 0.203 e. The van der Waals surface area contributed by atoms with Gasteiger partial charge in [0.05, 0.1) is 0 Å². The van der Waals surface area contributed by atoms with Crippen LogP contribution >= 0.6 is 0 Å². The Morgan fingerprint density at radius 2 is 0.971 bits per heavy atom. The third-order valence-corrected chi connectivity index (χ3v) is 26.6. The fraction of sp³-hybridized carbons (Fsp3) is 0.280. The average Bonchev–Trinajstić information content (AvgIpc) is 2.81. The van der Waals surface area contributed by atoms with Crippen LogP contribution in [0.1, 0.15) is 0 Å². The minimum absolute atomic E-state index is 1.11. The largest absolute Gasteiger partial charge is 0.344 e. The van der Waals surface area contributed by atoms with Gasteiger partial charge in [-0.25, -0.2) is 0 Å². The third kappa shape index (κ3) is 6.83. The summed E-state index contributed by atoms with van der Waals surface area (Å²) < 4.78 is 10.3. The molecule has 34 heavy (non-hydrogen) atoms. The summed E-state index contributed by atoms with van der Waals surface area (Å²) in [5, 5.41) is 3.03. The Balaban J connectivity index is 0.000000248. The van der Waals surface area contributed by atoms with Gasteiger partial charge in [0.25, 0.3) is 0 Å². The van der Waals surface area contributed by atoms with Gasteiger partial charge >= 0.3 is 0 Å². The predicted molar refractivity (Wildman–Crippen MR) is 166 cm³/mol. The van der Waals surface area contributed by atoms with Crippen molar-refractivity contribution in [2.45, 2.75) is 19.6 Å². The molecule has 0 spiro atoms. The first-order chi connectivity index (χ1) is 16.1. The molecule has 4 nitrogen and oxygen atoms in total. The van der Waals surface area contributed by atoms with E-state index in [2.05, 4.69) is 162 Å². The van der Waals surface area contributed by atoms with Crippen LogP contribution in [0, 0.1) is 0 Å². The van der Waals surface area contributed by atoms with Crippen LogP contribution < -0.4 is 10.4 Å². The highest BCUT2D eigenvalue weighted by molar-refractivity contribution is 6.93. The van der Waals surface area contributed by atoms with Crippen molar-refractivity contribution in [1.82, 2.24) is 16.9 Å². The molecule has 3 rings (SSSR count). The highest BCUT2D eigenvalue weighted by Crippen LogP contribution is 2.16. The summed E-state index contributed by atoms with van der Waals surface area (Å²) in [5.41, 5.74) is 6.46. The van der Waals surface area contributed by atoms with Gasteiger partial charge in [-0.15, -0.1) is 19.7 Å². The van der Waals surface area contributed by atoms with Crippen LogP contribution in [-0.2, 0) is 0 Å². The van der Waals surface area contributed by atoms with E-state index in [9.17, 15) is 0 Å². The average molecular weight is 541 g/mol. The fourth-order valence-electron chi connectivity index (χ4n) is 4.63. The Labute approximate surface area is 216 Å². The molecule has 1 heterocycles. The molecule has 0 aromatic heterocycles. The fourth-order valence-corrected chi connectivity index (χ4v) is 25.9. The Morgan fingerprint density at radius 1 is 0.676 bits per heavy atom. The zero-order chi connectivity index (χ0) is 25.5. The van der Waals surface area contributed by atoms with Gasteiger partial charge in [0.2, 0.25) is 27.4 Å². The second kappa shape index (κ2) is 13.0. The van der Waals surface area contributed by atoms with E-state index < -0.39 is 44.6 Å². The van der Waals surface area contributed by atoms with Gasteiger partial charge in [-0.05, 0) is 38.6 Å². The van der Waals surface area contributed by atoms with Crippen LogP contribution in [0.3, 0.4) is 0 Å². The van der Waals surface area contributed by atoms with E-state index in [1.165, 1.54) is 10.4 Å². The van der Waals surface area contributed by atoms with Gasteiger partial charge in [-0.2, -0.15) is 0 Å². The Kier molecular flexibility index (Phi) is 11.1. The van der Waals surface area contributed by atoms with Crippen LogP contribution in [0.5, 0.6) is 0 Å². The van der Waals surface area contributed by atoms with E-state index in [1.807, 2.05) is 0 Å². The number of benzene rings is 2. The molecule has 184 valence electrons. The molecular formula is C25H44N4Si5. The van der Waals surface area contributed by atoms with E-state index in [-0.39, 0.29) is 0 Å². The molecule has 1 aliphatic heterocycles. The lowest BCUT2D eigenvalue weighted by molar-refractivity contribution is 0.558. The Hall–Kier alpha value is -1.42. The Bertz CT molecular complexity index is 828.